The normalized spacial score (nSPS) is 15.3. The first-order valence-corrected chi connectivity index (χ1v) is 12.4. The Bertz CT molecular complexity index is 1340. The maximum absolute atomic E-state index is 13.4. The molecule has 0 spiro atoms. The van der Waals surface area contributed by atoms with Crippen molar-refractivity contribution in [2.45, 2.75) is 19.4 Å². The zero-order valence-electron chi connectivity index (χ0n) is 21.7. The van der Waals surface area contributed by atoms with Crippen LogP contribution in [0.4, 0.5) is 0 Å². The number of rotatable bonds is 11. The molecule has 1 N–H and O–H groups in total. The molecule has 4 rings (SSSR count). The number of hydrogen-bond acceptors (Lipinski definition) is 6. The Morgan fingerprint density at radius 3 is 2.34 bits per heavy atom. The number of allylic oxidation sites excluding steroid dienone is 1. The van der Waals surface area contributed by atoms with E-state index in [4.69, 9.17) is 14.2 Å². The minimum atomic E-state index is -0.744. The Labute approximate surface area is 222 Å². The third-order valence-corrected chi connectivity index (χ3v) is 6.39. The van der Waals surface area contributed by atoms with Crippen molar-refractivity contribution < 1.29 is 28.9 Å². The van der Waals surface area contributed by atoms with Crippen LogP contribution in [0.25, 0.3) is 6.08 Å². The van der Waals surface area contributed by atoms with Crippen LogP contribution in [0.2, 0.25) is 0 Å². The van der Waals surface area contributed by atoms with Crippen LogP contribution in [0.5, 0.6) is 17.2 Å². The molecule has 7 nitrogen and oxygen atoms in total. The highest BCUT2D eigenvalue weighted by molar-refractivity contribution is 6.14. The predicted octanol–water partition coefficient (Wildman–Crippen LogP) is 5.32. The molecule has 1 atom stereocenters. The number of amides is 1. The zero-order valence-corrected chi connectivity index (χ0v) is 21.7. The van der Waals surface area contributed by atoms with Gasteiger partial charge in [0.25, 0.3) is 5.91 Å². The molecule has 0 saturated heterocycles. The highest BCUT2D eigenvalue weighted by Gasteiger charge is 2.42. The Morgan fingerprint density at radius 1 is 0.974 bits per heavy atom. The van der Waals surface area contributed by atoms with E-state index >= 15 is 0 Å². The fourth-order valence-electron chi connectivity index (χ4n) is 4.51. The summed E-state index contributed by atoms with van der Waals surface area (Å²) >= 11 is 0. The van der Waals surface area contributed by atoms with E-state index in [1.807, 2.05) is 67.6 Å². The van der Waals surface area contributed by atoms with E-state index < -0.39 is 23.5 Å². The van der Waals surface area contributed by atoms with Crippen molar-refractivity contribution in [2.75, 3.05) is 27.4 Å². The molecule has 7 heteroatoms. The smallest absolute Gasteiger partial charge is 0.290 e. The molecule has 3 aromatic rings. The molecule has 1 aliphatic rings. The quantitative estimate of drug-likeness (QED) is 0.349. The summed E-state index contributed by atoms with van der Waals surface area (Å²) in [5.41, 5.74) is 2.52. The van der Waals surface area contributed by atoms with E-state index in [0.29, 0.717) is 35.8 Å². The van der Waals surface area contributed by atoms with E-state index in [1.54, 1.807) is 32.4 Å². The molecule has 196 valence electrons. The van der Waals surface area contributed by atoms with Gasteiger partial charge in [-0.05, 0) is 60.4 Å². The second-order valence-corrected chi connectivity index (χ2v) is 8.71. The predicted molar refractivity (Wildman–Crippen MR) is 145 cm³/mol. The van der Waals surface area contributed by atoms with Gasteiger partial charge in [0.1, 0.15) is 5.75 Å². The summed E-state index contributed by atoms with van der Waals surface area (Å²) in [5.74, 6) is 0.344. The molecule has 0 aromatic heterocycles. The van der Waals surface area contributed by atoms with Crippen LogP contribution in [0.1, 0.15) is 29.7 Å². The number of hydrogen-bond donors (Lipinski definition) is 1. The van der Waals surface area contributed by atoms with Gasteiger partial charge in [0.2, 0.25) is 0 Å². The van der Waals surface area contributed by atoms with Gasteiger partial charge in [0, 0.05) is 6.54 Å². The highest BCUT2D eigenvalue weighted by Crippen LogP contribution is 2.39. The number of methoxy groups -OCH3 is 2. The second kappa shape index (κ2) is 12.1. The molecule has 38 heavy (non-hydrogen) atoms. The molecular formula is C31H31NO6. The maximum atomic E-state index is 13.4. The molecule has 0 radical (unpaired) electrons. The summed E-state index contributed by atoms with van der Waals surface area (Å²) in [6.45, 7) is 2.69. The van der Waals surface area contributed by atoms with Crippen LogP contribution < -0.4 is 14.2 Å². The highest BCUT2D eigenvalue weighted by atomic mass is 16.5. The summed E-state index contributed by atoms with van der Waals surface area (Å²) in [4.78, 5) is 28.2. The van der Waals surface area contributed by atoms with Crippen molar-refractivity contribution in [3.05, 3.63) is 107 Å². The molecule has 1 aliphatic heterocycles. The van der Waals surface area contributed by atoms with E-state index in [9.17, 15) is 14.7 Å². The first-order valence-electron chi connectivity index (χ1n) is 12.4. The van der Waals surface area contributed by atoms with Gasteiger partial charge in [-0.3, -0.25) is 9.59 Å². The van der Waals surface area contributed by atoms with Gasteiger partial charge >= 0.3 is 0 Å². The lowest BCUT2D eigenvalue weighted by Crippen LogP contribution is -2.33. The minimum absolute atomic E-state index is 0.0543. The molecule has 1 amide bonds. The lowest BCUT2D eigenvalue weighted by Gasteiger charge is -2.27. The average Bonchev–Trinajstić information content (AvgIpc) is 3.20. The Kier molecular flexibility index (Phi) is 8.48. The zero-order chi connectivity index (χ0) is 27.1. The number of ether oxygens (including phenoxy) is 3. The molecule has 3 aromatic carbocycles. The van der Waals surface area contributed by atoms with Gasteiger partial charge < -0.3 is 24.2 Å². The fourth-order valence-corrected chi connectivity index (χ4v) is 4.51. The van der Waals surface area contributed by atoms with Crippen molar-refractivity contribution >= 4 is 17.8 Å². The third-order valence-electron chi connectivity index (χ3n) is 6.39. The molecular weight excluding hydrogens is 482 g/mol. The molecule has 0 fully saturated rings. The van der Waals surface area contributed by atoms with Crippen LogP contribution in [0.15, 0.2) is 90.2 Å². The van der Waals surface area contributed by atoms with Crippen LogP contribution in [-0.4, -0.2) is 49.1 Å². The van der Waals surface area contributed by atoms with Crippen molar-refractivity contribution in [2.24, 2.45) is 0 Å². The van der Waals surface area contributed by atoms with Gasteiger partial charge in [-0.15, -0.1) is 0 Å². The summed E-state index contributed by atoms with van der Waals surface area (Å²) in [6.07, 6.45) is 3.55. The summed E-state index contributed by atoms with van der Waals surface area (Å²) in [7, 11) is 3.14. The average molecular weight is 514 g/mol. The molecule has 1 heterocycles. The number of carbonyl (C=O) groups is 2. The number of aliphatic hydroxyl groups excluding tert-OH is 1. The Morgan fingerprint density at radius 2 is 1.68 bits per heavy atom. The molecule has 0 unspecified atom stereocenters. The molecule has 0 saturated carbocycles. The summed E-state index contributed by atoms with van der Waals surface area (Å²) < 4.78 is 16.3. The van der Waals surface area contributed by atoms with E-state index in [-0.39, 0.29) is 12.1 Å². The van der Waals surface area contributed by atoms with Gasteiger partial charge in [-0.2, -0.15) is 0 Å². The van der Waals surface area contributed by atoms with Gasteiger partial charge in [-0.1, -0.05) is 54.6 Å². The van der Waals surface area contributed by atoms with Crippen LogP contribution in [0.3, 0.4) is 0 Å². The molecule has 0 bridgehead atoms. The monoisotopic (exact) mass is 513 g/mol. The number of ketones is 1. The number of benzene rings is 3. The van der Waals surface area contributed by atoms with Crippen molar-refractivity contribution in [1.82, 2.24) is 4.90 Å². The third kappa shape index (κ3) is 5.72. The van der Waals surface area contributed by atoms with E-state index in [2.05, 4.69) is 0 Å². The standard InChI is InChI=1S/C31H31NO6/c1-4-38-24-14-12-23(13-15-24)29-28(25(33)16-10-21-8-6-5-7-9-21)30(34)31(35)32(29)19-18-22-11-17-26(36-2)27(20-22)37-3/h5-17,20,29,34H,4,18-19H2,1-3H3/b16-10+/t29-/m1/s1. The largest absolute Gasteiger partial charge is 0.503 e. The fraction of sp³-hybridized carbons (Fsp3) is 0.226. The maximum Gasteiger partial charge on any atom is 0.290 e. The topological polar surface area (TPSA) is 85.3 Å². The van der Waals surface area contributed by atoms with Crippen molar-refractivity contribution in [3.8, 4) is 17.2 Å². The van der Waals surface area contributed by atoms with Crippen molar-refractivity contribution in [1.29, 1.82) is 0 Å². The lowest BCUT2D eigenvalue weighted by molar-refractivity contribution is -0.129. The second-order valence-electron chi connectivity index (χ2n) is 8.71. The van der Waals surface area contributed by atoms with Crippen LogP contribution in [0, 0.1) is 0 Å². The lowest BCUT2D eigenvalue weighted by atomic mass is 9.95. The summed E-state index contributed by atoms with van der Waals surface area (Å²) in [6, 6.07) is 21.4. The summed E-state index contributed by atoms with van der Waals surface area (Å²) in [5, 5.41) is 10.9. The van der Waals surface area contributed by atoms with Crippen molar-refractivity contribution in [3.63, 3.8) is 0 Å². The Balaban J connectivity index is 1.65. The van der Waals surface area contributed by atoms with Crippen LogP contribution >= 0.6 is 0 Å². The number of aliphatic hydroxyl groups is 1. The first kappa shape index (κ1) is 26.5. The van der Waals surface area contributed by atoms with E-state index in [1.165, 1.54) is 11.0 Å². The molecule has 0 aliphatic carbocycles. The van der Waals surface area contributed by atoms with Gasteiger partial charge in [0.05, 0.1) is 32.4 Å². The van der Waals surface area contributed by atoms with Gasteiger partial charge in [0.15, 0.2) is 23.0 Å². The van der Waals surface area contributed by atoms with Gasteiger partial charge in [-0.25, -0.2) is 0 Å². The number of carbonyl (C=O) groups excluding carboxylic acids is 2. The number of nitrogens with zero attached hydrogens (tertiary/aromatic N) is 1. The minimum Gasteiger partial charge on any atom is -0.503 e. The Hall–Kier alpha value is -4.52. The van der Waals surface area contributed by atoms with Crippen LogP contribution in [-0.2, 0) is 16.0 Å². The SMILES string of the molecule is CCOc1ccc([C@@H]2C(C(=O)/C=C/c3ccccc3)=C(O)C(=O)N2CCc2ccc(OC)c(OC)c2)cc1. The van der Waals surface area contributed by atoms with E-state index in [0.717, 1.165) is 11.1 Å². The first-order chi connectivity index (χ1) is 18.5.